The molecular formula is C22H24N4O3S. The molecule has 2 heterocycles. The van der Waals surface area contributed by atoms with Crippen molar-refractivity contribution >= 4 is 23.4 Å². The number of piperazine rings is 1. The van der Waals surface area contributed by atoms with Crippen molar-refractivity contribution in [2.45, 2.75) is 18.8 Å². The molecule has 0 radical (unpaired) electrons. The van der Waals surface area contributed by atoms with Gasteiger partial charge in [-0.3, -0.25) is 4.79 Å². The Morgan fingerprint density at radius 2 is 1.77 bits per heavy atom. The van der Waals surface area contributed by atoms with E-state index in [-0.39, 0.29) is 18.3 Å². The number of anilines is 1. The lowest BCUT2D eigenvalue weighted by Gasteiger charge is -2.36. The summed E-state index contributed by atoms with van der Waals surface area (Å²) in [6, 6.07) is 18.0. The van der Waals surface area contributed by atoms with Crippen molar-refractivity contribution in [3.8, 4) is 5.75 Å². The molecular weight excluding hydrogens is 400 g/mol. The van der Waals surface area contributed by atoms with Gasteiger partial charge in [0.05, 0.1) is 5.75 Å². The SMILES string of the molecule is Cc1ccccc1OCc1nnc(SCC(=O)N2CCN(c3ccccc3)CC2)o1. The van der Waals surface area contributed by atoms with Crippen LogP contribution in [0.5, 0.6) is 5.75 Å². The van der Waals surface area contributed by atoms with Crippen LogP contribution in [-0.4, -0.2) is 52.9 Å². The molecule has 3 aromatic rings. The van der Waals surface area contributed by atoms with E-state index in [4.69, 9.17) is 9.15 Å². The lowest BCUT2D eigenvalue weighted by molar-refractivity contribution is -0.128. The Kier molecular flexibility index (Phi) is 6.53. The smallest absolute Gasteiger partial charge is 0.277 e. The van der Waals surface area contributed by atoms with Crippen LogP contribution in [0.4, 0.5) is 5.69 Å². The summed E-state index contributed by atoms with van der Waals surface area (Å²) >= 11 is 1.26. The number of amides is 1. The van der Waals surface area contributed by atoms with E-state index in [1.807, 2.05) is 54.3 Å². The highest BCUT2D eigenvalue weighted by Gasteiger charge is 2.22. The average molecular weight is 425 g/mol. The lowest BCUT2D eigenvalue weighted by Crippen LogP contribution is -2.49. The normalized spacial score (nSPS) is 14.0. The van der Waals surface area contributed by atoms with Gasteiger partial charge in [-0.1, -0.05) is 48.2 Å². The molecule has 7 nitrogen and oxygen atoms in total. The van der Waals surface area contributed by atoms with Crippen LogP contribution < -0.4 is 9.64 Å². The monoisotopic (exact) mass is 424 g/mol. The molecule has 0 unspecified atom stereocenters. The predicted octanol–water partition coefficient (Wildman–Crippen LogP) is 3.40. The number of hydrogen-bond acceptors (Lipinski definition) is 7. The van der Waals surface area contributed by atoms with Gasteiger partial charge in [-0.15, -0.1) is 10.2 Å². The maximum Gasteiger partial charge on any atom is 0.277 e. The summed E-state index contributed by atoms with van der Waals surface area (Å²) in [4.78, 5) is 16.7. The Hall–Kier alpha value is -3.00. The minimum absolute atomic E-state index is 0.0867. The first kappa shape index (κ1) is 20.3. The van der Waals surface area contributed by atoms with Gasteiger partial charge >= 0.3 is 0 Å². The highest BCUT2D eigenvalue weighted by atomic mass is 32.2. The van der Waals surface area contributed by atoms with Gasteiger partial charge in [0.2, 0.25) is 5.91 Å². The van der Waals surface area contributed by atoms with E-state index in [0.717, 1.165) is 24.4 Å². The number of carbonyl (C=O) groups excluding carboxylic acids is 1. The molecule has 2 aromatic carbocycles. The maximum absolute atomic E-state index is 12.5. The number of thioether (sulfide) groups is 1. The largest absolute Gasteiger partial charge is 0.484 e. The number of aryl methyl sites for hydroxylation is 1. The van der Waals surface area contributed by atoms with Crippen molar-refractivity contribution in [1.82, 2.24) is 15.1 Å². The zero-order valence-electron chi connectivity index (χ0n) is 16.9. The lowest BCUT2D eigenvalue weighted by atomic mass is 10.2. The fourth-order valence-electron chi connectivity index (χ4n) is 3.28. The molecule has 8 heteroatoms. The number of ether oxygens (including phenoxy) is 1. The molecule has 1 amide bonds. The zero-order chi connectivity index (χ0) is 20.8. The Morgan fingerprint density at radius 3 is 2.53 bits per heavy atom. The van der Waals surface area contributed by atoms with E-state index in [1.165, 1.54) is 17.4 Å². The molecule has 1 fully saturated rings. The van der Waals surface area contributed by atoms with Gasteiger partial charge in [0.15, 0.2) is 6.61 Å². The molecule has 0 aliphatic carbocycles. The van der Waals surface area contributed by atoms with Crippen LogP contribution in [0.1, 0.15) is 11.5 Å². The van der Waals surface area contributed by atoms with Gasteiger partial charge in [0, 0.05) is 31.9 Å². The summed E-state index contributed by atoms with van der Waals surface area (Å²) in [7, 11) is 0. The van der Waals surface area contributed by atoms with Gasteiger partial charge in [0.1, 0.15) is 5.75 Å². The quantitative estimate of drug-likeness (QED) is 0.538. The number of para-hydroxylation sites is 2. The summed E-state index contributed by atoms with van der Waals surface area (Å²) in [5.41, 5.74) is 2.25. The number of carbonyl (C=O) groups is 1. The first-order valence-corrected chi connectivity index (χ1v) is 10.9. The topological polar surface area (TPSA) is 71.7 Å². The number of nitrogens with zero attached hydrogens (tertiary/aromatic N) is 4. The third kappa shape index (κ3) is 5.13. The second-order valence-corrected chi connectivity index (χ2v) is 7.93. The Morgan fingerprint density at radius 1 is 1.03 bits per heavy atom. The van der Waals surface area contributed by atoms with Crippen molar-refractivity contribution < 1.29 is 13.9 Å². The van der Waals surface area contributed by atoms with Crippen LogP contribution in [0.2, 0.25) is 0 Å². The molecule has 0 saturated carbocycles. The standard InChI is InChI=1S/C22H24N4O3S/c1-17-7-5-6-10-19(17)28-15-20-23-24-22(29-20)30-16-21(27)26-13-11-25(12-14-26)18-8-3-2-4-9-18/h2-10H,11-16H2,1H3. The second kappa shape index (κ2) is 9.67. The van der Waals surface area contributed by atoms with Crippen molar-refractivity contribution in [2.24, 2.45) is 0 Å². The average Bonchev–Trinajstić information content (AvgIpc) is 3.25. The Bertz CT molecular complexity index is 971. The number of hydrogen-bond donors (Lipinski definition) is 0. The maximum atomic E-state index is 12.5. The second-order valence-electron chi connectivity index (χ2n) is 7.01. The zero-order valence-corrected chi connectivity index (χ0v) is 17.7. The molecule has 1 aliphatic rings. The van der Waals surface area contributed by atoms with Gasteiger partial charge < -0.3 is 19.0 Å². The fraction of sp³-hybridized carbons (Fsp3) is 0.318. The molecule has 1 saturated heterocycles. The van der Waals surface area contributed by atoms with E-state index >= 15 is 0 Å². The summed E-state index contributed by atoms with van der Waals surface area (Å²) in [5, 5.41) is 8.39. The van der Waals surface area contributed by atoms with Crippen LogP contribution in [0.25, 0.3) is 0 Å². The highest BCUT2D eigenvalue weighted by molar-refractivity contribution is 7.99. The Labute approximate surface area is 180 Å². The van der Waals surface area contributed by atoms with Crippen LogP contribution in [0, 0.1) is 6.92 Å². The van der Waals surface area contributed by atoms with E-state index in [1.54, 1.807) is 0 Å². The minimum atomic E-state index is 0.0867. The van der Waals surface area contributed by atoms with Crippen LogP contribution in [-0.2, 0) is 11.4 Å². The molecule has 0 N–H and O–H groups in total. The Balaban J connectivity index is 1.21. The van der Waals surface area contributed by atoms with E-state index < -0.39 is 0 Å². The first-order valence-electron chi connectivity index (χ1n) is 9.90. The molecule has 1 aromatic heterocycles. The third-order valence-corrected chi connectivity index (χ3v) is 5.77. The molecule has 30 heavy (non-hydrogen) atoms. The van der Waals surface area contributed by atoms with Gasteiger partial charge in [-0.2, -0.15) is 0 Å². The first-order chi connectivity index (χ1) is 14.7. The summed E-state index contributed by atoms with van der Waals surface area (Å²) < 4.78 is 11.3. The molecule has 1 aliphatic heterocycles. The number of aromatic nitrogens is 2. The predicted molar refractivity (Wildman–Crippen MR) is 116 cm³/mol. The molecule has 0 bridgehead atoms. The van der Waals surface area contributed by atoms with E-state index in [0.29, 0.717) is 24.2 Å². The van der Waals surface area contributed by atoms with Crippen LogP contribution in [0.3, 0.4) is 0 Å². The summed E-state index contributed by atoms with van der Waals surface area (Å²) in [6.45, 7) is 5.29. The van der Waals surface area contributed by atoms with Crippen LogP contribution >= 0.6 is 11.8 Å². The van der Waals surface area contributed by atoms with E-state index in [9.17, 15) is 4.79 Å². The van der Waals surface area contributed by atoms with Gasteiger partial charge in [-0.25, -0.2) is 0 Å². The van der Waals surface area contributed by atoms with Crippen molar-refractivity contribution in [2.75, 3.05) is 36.8 Å². The fourth-order valence-corrected chi connectivity index (χ4v) is 3.96. The third-order valence-electron chi connectivity index (χ3n) is 4.97. The molecule has 0 spiro atoms. The van der Waals surface area contributed by atoms with Crippen LogP contribution in [0.15, 0.2) is 64.2 Å². The summed E-state index contributed by atoms with van der Waals surface area (Å²) in [5.74, 6) is 1.55. The van der Waals surface area contributed by atoms with Gasteiger partial charge in [-0.05, 0) is 30.7 Å². The van der Waals surface area contributed by atoms with Crippen molar-refractivity contribution in [3.63, 3.8) is 0 Å². The number of rotatable bonds is 7. The molecule has 156 valence electrons. The highest BCUT2D eigenvalue weighted by Crippen LogP contribution is 2.21. The van der Waals surface area contributed by atoms with Gasteiger partial charge in [0.25, 0.3) is 11.1 Å². The molecule has 0 atom stereocenters. The van der Waals surface area contributed by atoms with E-state index in [2.05, 4.69) is 27.2 Å². The van der Waals surface area contributed by atoms with Crippen molar-refractivity contribution in [3.05, 3.63) is 66.1 Å². The summed E-state index contributed by atoms with van der Waals surface area (Å²) in [6.07, 6.45) is 0. The van der Waals surface area contributed by atoms with Crippen molar-refractivity contribution in [1.29, 1.82) is 0 Å². The minimum Gasteiger partial charge on any atom is -0.484 e. The number of benzene rings is 2. The molecule has 4 rings (SSSR count).